The number of allylic oxidation sites excluding steroid dienone is 1. The van der Waals surface area contributed by atoms with E-state index in [4.69, 9.17) is 0 Å². The van der Waals surface area contributed by atoms with Crippen molar-refractivity contribution >= 4 is 0 Å². The maximum Gasteiger partial charge on any atom is 0.0169 e. The first-order chi connectivity index (χ1) is 9.78. The molecule has 2 fully saturated rings. The van der Waals surface area contributed by atoms with Crippen molar-refractivity contribution in [2.75, 3.05) is 6.54 Å². The van der Waals surface area contributed by atoms with E-state index in [-0.39, 0.29) is 0 Å². The molecule has 2 aliphatic heterocycles. The lowest BCUT2D eigenvalue weighted by Crippen LogP contribution is -2.42. The Bertz CT molecular complexity index is 445. The fourth-order valence-corrected chi connectivity index (χ4v) is 4.05. The van der Waals surface area contributed by atoms with E-state index in [1.165, 1.54) is 37.8 Å². The normalized spacial score (nSPS) is 30.2. The Morgan fingerprint density at radius 2 is 1.70 bits per heavy atom. The highest BCUT2D eigenvalue weighted by Crippen LogP contribution is 2.42. The van der Waals surface area contributed by atoms with Crippen molar-refractivity contribution in [1.29, 1.82) is 0 Å². The zero-order chi connectivity index (χ0) is 13.9. The molecule has 3 rings (SSSR count). The Labute approximate surface area is 123 Å². The monoisotopic (exact) mass is 269 g/mol. The molecule has 20 heavy (non-hydrogen) atoms. The number of hydrogen-bond donors (Lipinski definition) is 0. The quantitative estimate of drug-likeness (QED) is 0.718. The summed E-state index contributed by atoms with van der Waals surface area (Å²) in [5, 5.41) is 0. The van der Waals surface area contributed by atoms with Gasteiger partial charge in [0.25, 0.3) is 0 Å². The van der Waals surface area contributed by atoms with E-state index < -0.39 is 0 Å². The van der Waals surface area contributed by atoms with Crippen LogP contribution in [-0.2, 0) is 0 Å². The number of nitrogens with zero attached hydrogens (tertiary/aromatic N) is 1. The van der Waals surface area contributed by atoms with E-state index >= 15 is 0 Å². The van der Waals surface area contributed by atoms with Crippen LogP contribution in [-0.4, -0.2) is 23.5 Å². The molecule has 0 amide bonds. The van der Waals surface area contributed by atoms with Crippen LogP contribution < -0.4 is 0 Å². The Balaban J connectivity index is 1.67. The number of fused-ring (bicyclic) bond motifs is 2. The molecule has 2 bridgehead atoms. The Morgan fingerprint density at radius 1 is 1.05 bits per heavy atom. The van der Waals surface area contributed by atoms with E-state index in [1.54, 1.807) is 5.56 Å². The number of piperidine rings is 1. The molecule has 2 unspecified atom stereocenters. The molecule has 1 heteroatoms. The van der Waals surface area contributed by atoms with Crippen LogP contribution in [0.15, 0.2) is 36.4 Å². The summed E-state index contributed by atoms with van der Waals surface area (Å²) < 4.78 is 0. The van der Waals surface area contributed by atoms with Crippen molar-refractivity contribution in [2.45, 2.75) is 64.0 Å². The SMILES string of the molecule is CC/C=C/CN1C2CCC1CC(c1ccc(C)cc1)C2. The van der Waals surface area contributed by atoms with Crippen LogP contribution in [0.5, 0.6) is 0 Å². The minimum atomic E-state index is 0.791. The van der Waals surface area contributed by atoms with Gasteiger partial charge in [-0.25, -0.2) is 0 Å². The molecule has 2 saturated heterocycles. The molecular formula is C19H27N. The van der Waals surface area contributed by atoms with Gasteiger partial charge < -0.3 is 0 Å². The van der Waals surface area contributed by atoms with Crippen LogP contribution in [0.1, 0.15) is 56.1 Å². The minimum absolute atomic E-state index is 0.791. The summed E-state index contributed by atoms with van der Waals surface area (Å²) in [4.78, 5) is 2.76. The zero-order valence-corrected chi connectivity index (χ0v) is 12.9. The Kier molecular flexibility index (Phi) is 4.26. The molecule has 108 valence electrons. The largest absolute Gasteiger partial charge is 0.294 e. The average molecular weight is 269 g/mol. The van der Waals surface area contributed by atoms with E-state index in [0.717, 1.165) is 24.4 Å². The number of hydrogen-bond acceptors (Lipinski definition) is 1. The van der Waals surface area contributed by atoms with Gasteiger partial charge in [0.15, 0.2) is 0 Å². The summed E-state index contributed by atoms with van der Waals surface area (Å²) in [6, 6.07) is 10.9. The van der Waals surface area contributed by atoms with Gasteiger partial charge in [-0.05, 0) is 50.5 Å². The van der Waals surface area contributed by atoms with Gasteiger partial charge in [0.2, 0.25) is 0 Å². The van der Waals surface area contributed by atoms with Crippen LogP contribution in [0.3, 0.4) is 0 Å². The first-order valence-corrected chi connectivity index (χ1v) is 8.25. The number of benzene rings is 1. The third kappa shape index (κ3) is 2.83. The lowest BCUT2D eigenvalue weighted by atomic mass is 9.85. The summed E-state index contributed by atoms with van der Waals surface area (Å²) in [5.74, 6) is 0.791. The van der Waals surface area contributed by atoms with Gasteiger partial charge >= 0.3 is 0 Å². The topological polar surface area (TPSA) is 3.24 Å². The predicted molar refractivity (Wildman–Crippen MR) is 86.1 cm³/mol. The Morgan fingerprint density at radius 3 is 2.30 bits per heavy atom. The van der Waals surface area contributed by atoms with Crippen molar-refractivity contribution in [1.82, 2.24) is 4.90 Å². The molecule has 0 aromatic heterocycles. The highest BCUT2D eigenvalue weighted by Gasteiger charge is 2.40. The molecule has 2 atom stereocenters. The second kappa shape index (κ2) is 6.13. The third-order valence-corrected chi connectivity index (χ3v) is 5.15. The molecule has 0 spiro atoms. The van der Waals surface area contributed by atoms with E-state index in [9.17, 15) is 0 Å². The maximum absolute atomic E-state index is 2.76. The van der Waals surface area contributed by atoms with Crippen LogP contribution in [0, 0.1) is 6.92 Å². The van der Waals surface area contributed by atoms with Gasteiger partial charge in [0, 0.05) is 18.6 Å². The van der Waals surface area contributed by atoms with Crippen LogP contribution in [0.4, 0.5) is 0 Å². The molecule has 2 aliphatic rings. The zero-order valence-electron chi connectivity index (χ0n) is 12.9. The molecular weight excluding hydrogens is 242 g/mol. The summed E-state index contributed by atoms with van der Waals surface area (Å²) in [6.45, 7) is 5.56. The van der Waals surface area contributed by atoms with Gasteiger partial charge in [-0.2, -0.15) is 0 Å². The molecule has 0 saturated carbocycles. The van der Waals surface area contributed by atoms with Gasteiger partial charge in [-0.1, -0.05) is 48.9 Å². The van der Waals surface area contributed by atoms with Crippen molar-refractivity contribution in [2.24, 2.45) is 0 Å². The predicted octanol–water partition coefficient (Wildman–Crippen LogP) is 4.67. The van der Waals surface area contributed by atoms with E-state index in [1.807, 2.05) is 0 Å². The fourth-order valence-electron chi connectivity index (χ4n) is 4.05. The summed E-state index contributed by atoms with van der Waals surface area (Å²) in [6.07, 6.45) is 11.4. The van der Waals surface area contributed by atoms with Gasteiger partial charge in [-0.3, -0.25) is 4.90 Å². The van der Waals surface area contributed by atoms with Crippen molar-refractivity contribution < 1.29 is 0 Å². The van der Waals surface area contributed by atoms with Gasteiger partial charge in [-0.15, -0.1) is 0 Å². The molecule has 2 heterocycles. The standard InChI is InChI=1S/C19H27N/c1-3-4-5-12-20-18-10-11-19(20)14-17(13-18)16-8-6-15(2)7-9-16/h4-9,17-19H,3,10-14H2,1-2H3/b5-4+. The maximum atomic E-state index is 2.76. The molecule has 1 aromatic rings. The fraction of sp³-hybridized carbons (Fsp3) is 0.579. The molecule has 1 nitrogen and oxygen atoms in total. The van der Waals surface area contributed by atoms with Gasteiger partial charge in [0.1, 0.15) is 0 Å². The minimum Gasteiger partial charge on any atom is -0.294 e. The molecule has 0 N–H and O–H groups in total. The second-order valence-electron chi connectivity index (χ2n) is 6.54. The first kappa shape index (κ1) is 13.9. The average Bonchev–Trinajstić information content (AvgIpc) is 2.70. The number of rotatable bonds is 4. The van der Waals surface area contributed by atoms with Crippen LogP contribution >= 0.6 is 0 Å². The van der Waals surface area contributed by atoms with Crippen molar-refractivity contribution in [3.8, 4) is 0 Å². The third-order valence-electron chi connectivity index (χ3n) is 5.15. The van der Waals surface area contributed by atoms with Crippen LogP contribution in [0.25, 0.3) is 0 Å². The lowest BCUT2D eigenvalue weighted by Gasteiger charge is -2.38. The highest BCUT2D eigenvalue weighted by molar-refractivity contribution is 5.26. The summed E-state index contributed by atoms with van der Waals surface area (Å²) in [7, 11) is 0. The highest BCUT2D eigenvalue weighted by atomic mass is 15.2. The lowest BCUT2D eigenvalue weighted by molar-refractivity contribution is 0.142. The first-order valence-electron chi connectivity index (χ1n) is 8.25. The summed E-state index contributed by atoms with van der Waals surface area (Å²) in [5.41, 5.74) is 2.94. The smallest absolute Gasteiger partial charge is 0.0169 e. The van der Waals surface area contributed by atoms with Gasteiger partial charge in [0.05, 0.1) is 0 Å². The van der Waals surface area contributed by atoms with E-state index in [0.29, 0.717) is 0 Å². The van der Waals surface area contributed by atoms with Crippen molar-refractivity contribution in [3.05, 3.63) is 47.5 Å². The van der Waals surface area contributed by atoms with Crippen LogP contribution in [0.2, 0.25) is 0 Å². The molecule has 0 radical (unpaired) electrons. The van der Waals surface area contributed by atoms with E-state index in [2.05, 4.69) is 55.2 Å². The summed E-state index contributed by atoms with van der Waals surface area (Å²) >= 11 is 0. The molecule has 0 aliphatic carbocycles. The Hall–Kier alpha value is -1.08. The number of aryl methyl sites for hydroxylation is 1. The molecule has 1 aromatic carbocycles. The second-order valence-corrected chi connectivity index (χ2v) is 6.54. The van der Waals surface area contributed by atoms with Crippen molar-refractivity contribution in [3.63, 3.8) is 0 Å².